The molecular weight excluding hydrogens is 194 g/mol. The van der Waals surface area contributed by atoms with Gasteiger partial charge in [-0.15, -0.1) is 0 Å². The molecule has 0 aromatic heterocycles. The molecule has 2 unspecified atom stereocenters. The highest BCUT2D eigenvalue weighted by Gasteiger charge is 2.26. The van der Waals surface area contributed by atoms with Crippen LogP contribution in [0, 0.1) is 17.2 Å². The lowest BCUT2D eigenvalue weighted by Gasteiger charge is -2.25. The fourth-order valence-electron chi connectivity index (χ4n) is 1.56. The third-order valence-corrected chi connectivity index (χ3v) is 3.12. The van der Waals surface area contributed by atoms with Crippen molar-refractivity contribution in [3.63, 3.8) is 0 Å². The van der Waals surface area contributed by atoms with E-state index in [-0.39, 0.29) is 12.2 Å². The van der Waals surface area contributed by atoms with Gasteiger partial charge in [0.1, 0.15) is 6.29 Å². The summed E-state index contributed by atoms with van der Waals surface area (Å²) in [6.45, 7) is 7.15. The van der Waals surface area contributed by atoms with Crippen LogP contribution in [-0.2, 0) is 9.16 Å². The van der Waals surface area contributed by atoms with Crippen molar-refractivity contribution < 1.29 is 9.16 Å². The van der Waals surface area contributed by atoms with Crippen LogP contribution < -0.4 is 0 Å². The van der Waals surface area contributed by atoms with Crippen LogP contribution in [0.4, 0.5) is 0 Å². The minimum atomic E-state index is -1.54. The SMILES string of the molecule is C[Si](C)(C)OC1CC(C#N)CCCO1. The van der Waals surface area contributed by atoms with Gasteiger partial charge in [0.25, 0.3) is 0 Å². The van der Waals surface area contributed by atoms with E-state index in [4.69, 9.17) is 14.4 Å². The van der Waals surface area contributed by atoms with E-state index in [1.54, 1.807) is 0 Å². The summed E-state index contributed by atoms with van der Waals surface area (Å²) in [6, 6.07) is 2.32. The maximum Gasteiger partial charge on any atom is 0.187 e. The quantitative estimate of drug-likeness (QED) is 0.662. The van der Waals surface area contributed by atoms with E-state index >= 15 is 0 Å². The summed E-state index contributed by atoms with van der Waals surface area (Å²) < 4.78 is 11.4. The molecule has 0 saturated carbocycles. The van der Waals surface area contributed by atoms with Crippen LogP contribution >= 0.6 is 0 Å². The second kappa shape index (κ2) is 4.92. The molecule has 1 heterocycles. The third kappa shape index (κ3) is 4.23. The molecule has 0 N–H and O–H groups in total. The largest absolute Gasteiger partial charge is 0.393 e. The highest BCUT2D eigenvalue weighted by molar-refractivity contribution is 6.69. The van der Waals surface area contributed by atoms with Gasteiger partial charge in [-0.1, -0.05) is 0 Å². The minimum Gasteiger partial charge on any atom is -0.393 e. The Kier molecular flexibility index (Phi) is 4.11. The second-order valence-corrected chi connectivity index (χ2v) is 9.19. The lowest BCUT2D eigenvalue weighted by Crippen LogP contribution is -2.34. The van der Waals surface area contributed by atoms with E-state index in [1.165, 1.54) is 0 Å². The molecule has 4 heteroatoms. The monoisotopic (exact) mass is 213 g/mol. The molecule has 1 saturated heterocycles. The van der Waals surface area contributed by atoms with Crippen LogP contribution in [-0.4, -0.2) is 21.2 Å². The maximum atomic E-state index is 8.88. The first-order valence-electron chi connectivity index (χ1n) is 5.20. The summed E-state index contributed by atoms with van der Waals surface area (Å²) in [7, 11) is -1.54. The number of ether oxygens (including phenoxy) is 1. The first-order chi connectivity index (χ1) is 6.51. The molecule has 14 heavy (non-hydrogen) atoms. The summed E-state index contributed by atoms with van der Waals surface area (Å²) in [6.07, 6.45) is 2.51. The van der Waals surface area contributed by atoms with Gasteiger partial charge in [0.05, 0.1) is 12.0 Å². The lowest BCUT2D eigenvalue weighted by atomic mass is 10.0. The molecule has 1 aliphatic rings. The molecule has 0 amide bonds. The fourth-order valence-corrected chi connectivity index (χ4v) is 2.51. The van der Waals surface area contributed by atoms with Crippen LogP contribution in [0.15, 0.2) is 0 Å². The summed E-state index contributed by atoms with van der Waals surface area (Å²) in [4.78, 5) is 0. The first kappa shape index (κ1) is 11.7. The Morgan fingerprint density at radius 1 is 1.43 bits per heavy atom. The molecule has 0 aromatic rings. The van der Waals surface area contributed by atoms with Crippen molar-refractivity contribution in [2.75, 3.05) is 6.61 Å². The average molecular weight is 213 g/mol. The van der Waals surface area contributed by atoms with E-state index in [0.29, 0.717) is 0 Å². The van der Waals surface area contributed by atoms with Crippen molar-refractivity contribution in [2.24, 2.45) is 5.92 Å². The van der Waals surface area contributed by atoms with E-state index in [2.05, 4.69) is 25.7 Å². The fraction of sp³-hybridized carbons (Fsp3) is 0.900. The van der Waals surface area contributed by atoms with Crippen molar-refractivity contribution in [2.45, 2.75) is 45.2 Å². The molecule has 80 valence electrons. The zero-order valence-corrected chi connectivity index (χ0v) is 10.2. The molecule has 0 aromatic carbocycles. The lowest BCUT2D eigenvalue weighted by molar-refractivity contribution is -0.0848. The molecule has 0 spiro atoms. The maximum absolute atomic E-state index is 8.88. The zero-order valence-electron chi connectivity index (χ0n) is 9.25. The van der Waals surface area contributed by atoms with Crippen molar-refractivity contribution in [1.82, 2.24) is 0 Å². The van der Waals surface area contributed by atoms with Gasteiger partial charge in [0.2, 0.25) is 0 Å². The van der Waals surface area contributed by atoms with Gasteiger partial charge in [-0.3, -0.25) is 0 Å². The number of hydrogen-bond acceptors (Lipinski definition) is 3. The Bertz CT molecular complexity index is 219. The Labute approximate surface area is 87.1 Å². The third-order valence-electron chi connectivity index (χ3n) is 2.15. The molecule has 0 bridgehead atoms. The molecule has 1 fully saturated rings. The molecule has 1 rings (SSSR count). The van der Waals surface area contributed by atoms with Crippen LogP contribution in [0.3, 0.4) is 0 Å². The van der Waals surface area contributed by atoms with Gasteiger partial charge in [-0.2, -0.15) is 5.26 Å². The van der Waals surface area contributed by atoms with Gasteiger partial charge < -0.3 is 9.16 Å². The van der Waals surface area contributed by atoms with Crippen molar-refractivity contribution in [3.05, 3.63) is 0 Å². The van der Waals surface area contributed by atoms with Gasteiger partial charge in [-0.25, -0.2) is 0 Å². The number of nitriles is 1. The Morgan fingerprint density at radius 3 is 2.71 bits per heavy atom. The van der Waals surface area contributed by atoms with E-state index in [0.717, 1.165) is 25.9 Å². The van der Waals surface area contributed by atoms with Crippen LogP contribution in [0.1, 0.15) is 19.3 Å². The summed E-state index contributed by atoms with van der Waals surface area (Å²) in [5.41, 5.74) is 0. The zero-order chi connectivity index (χ0) is 10.6. The number of hydrogen-bond donors (Lipinski definition) is 0. The van der Waals surface area contributed by atoms with Crippen LogP contribution in [0.5, 0.6) is 0 Å². The van der Waals surface area contributed by atoms with Crippen molar-refractivity contribution >= 4 is 8.32 Å². The molecule has 2 atom stereocenters. The predicted octanol–water partition coefficient (Wildman–Crippen LogP) is 2.50. The van der Waals surface area contributed by atoms with E-state index < -0.39 is 8.32 Å². The predicted molar refractivity (Wildman–Crippen MR) is 57.1 cm³/mol. The standard InChI is InChI=1S/C10H19NO2Si/c1-14(2,3)13-10-7-9(8-11)5-4-6-12-10/h9-10H,4-7H2,1-3H3. The van der Waals surface area contributed by atoms with Gasteiger partial charge in [-0.05, 0) is 32.5 Å². The first-order valence-corrected chi connectivity index (χ1v) is 8.61. The summed E-state index contributed by atoms with van der Waals surface area (Å²) in [5, 5.41) is 8.88. The molecule has 1 aliphatic heterocycles. The average Bonchev–Trinajstić information content (AvgIpc) is 2.26. The van der Waals surface area contributed by atoms with Crippen LogP contribution in [0.25, 0.3) is 0 Å². The Balaban J connectivity index is 2.48. The van der Waals surface area contributed by atoms with E-state index in [9.17, 15) is 0 Å². The number of rotatable bonds is 2. The minimum absolute atomic E-state index is 0.110. The van der Waals surface area contributed by atoms with Gasteiger partial charge in [0.15, 0.2) is 8.32 Å². The number of nitrogens with zero attached hydrogens (tertiary/aromatic N) is 1. The topological polar surface area (TPSA) is 42.2 Å². The highest BCUT2D eigenvalue weighted by Crippen LogP contribution is 2.22. The molecule has 3 nitrogen and oxygen atoms in total. The molecular formula is C10H19NO2Si. The molecule has 0 radical (unpaired) electrons. The van der Waals surface area contributed by atoms with Crippen LogP contribution in [0.2, 0.25) is 19.6 Å². The van der Waals surface area contributed by atoms with E-state index in [1.807, 2.05) is 0 Å². The normalized spacial score (nSPS) is 29.3. The summed E-state index contributed by atoms with van der Waals surface area (Å²) in [5.74, 6) is 0.110. The van der Waals surface area contributed by atoms with Crippen molar-refractivity contribution in [3.8, 4) is 6.07 Å². The second-order valence-electron chi connectivity index (χ2n) is 4.73. The Morgan fingerprint density at radius 2 is 2.14 bits per heavy atom. The van der Waals surface area contributed by atoms with Gasteiger partial charge >= 0.3 is 0 Å². The Hall–Kier alpha value is -0.373. The van der Waals surface area contributed by atoms with Crippen molar-refractivity contribution in [1.29, 1.82) is 5.26 Å². The smallest absolute Gasteiger partial charge is 0.187 e. The van der Waals surface area contributed by atoms with Gasteiger partial charge in [0, 0.05) is 13.0 Å². The molecule has 0 aliphatic carbocycles. The highest BCUT2D eigenvalue weighted by atomic mass is 28.4. The summed E-state index contributed by atoms with van der Waals surface area (Å²) >= 11 is 0.